The summed E-state index contributed by atoms with van der Waals surface area (Å²) in [6, 6.07) is 15.8. The third-order valence-corrected chi connectivity index (χ3v) is 6.12. The van der Waals surface area contributed by atoms with Crippen LogP contribution in [0.3, 0.4) is 0 Å². The Kier molecular flexibility index (Phi) is 7.15. The Hall–Kier alpha value is -3.74. The molecule has 0 spiro atoms. The van der Waals surface area contributed by atoms with Gasteiger partial charge in [0.25, 0.3) is 5.91 Å². The van der Waals surface area contributed by atoms with Gasteiger partial charge in [-0.2, -0.15) is 9.78 Å². The van der Waals surface area contributed by atoms with Crippen molar-refractivity contribution in [1.82, 2.24) is 20.0 Å². The summed E-state index contributed by atoms with van der Waals surface area (Å²) in [5.41, 5.74) is 11.4. The van der Waals surface area contributed by atoms with Crippen LogP contribution in [0, 0.1) is 0 Å². The molecule has 0 unspecified atom stereocenters. The molecule has 0 fully saturated rings. The van der Waals surface area contributed by atoms with Crippen molar-refractivity contribution in [1.29, 1.82) is 0 Å². The molecule has 0 aliphatic heterocycles. The van der Waals surface area contributed by atoms with E-state index in [9.17, 15) is 4.79 Å². The average Bonchev–Trinajstić information content (AvgIpc) is 3.10. The van der Waals surface area contributed by atoms with Crippen LogP contribution >= 0.6 is 0 Å². The number of nitrogen functional groups attached to an aromatic ring is 1. The minimum atomic E-state index is -0.253. The fraction of sp³-hybridized carbons (Fsp3) is 0.357. The molecule has 4 aromatic rings. The van der Waals surface area contributed by atoms with Gasteiger partial charge in [0.15, 0.2) is 5.65 Å². The van der Waals surface area contributed by atoms with Gasteiger partial charge in [-0.05, 0) is 35.1 Å². The van der Waals surface area contributed by atoms with Crippen LogP contribution in [0.1, 0.15) is 74.9 Å². The third kappa shape index (κ3) is 5.34. The van der Waals surface area contributed by atoms with Gasteiger partial charge in [-0.25, -0.2) is 9.97 Å². The number of carbonyl (C=O) groups is 1. The zero-order valence-corrected chi connectivity index (χ0v) is 21.0. The number of nitrogens with two attached hydrogens (primary N) is 1. The predicted octanol–water partition coefficient (Wildman–Crippen LogP) is 5.66. The molecule has 182 valence electrons. The summed E-state index contributed by atoms with van der Waals surface area (Å²) in [5.74, 6) is -0.0269. The van der Waals surface area contributed by atoms with Gasteiger partial charge in [0.1, 0.15) is 16.9 Å². The monoisotopic (exact) mass is 470 g/mol. The lowest BCUT2D eigenvalue weighted by Gasteiger charge is -2.18. The number of para-hydroxylation sites is 2. The Bertz CT molecular complexity index is 1360. The number of hydrogen-bond donors (Lipinski definition) is 2. The van der Waals surface area contributed by atoms with Gasteiger partial charge in [0.2, 0.25) is 0 Å². The van der Waals surface area contributed by atoms with E-state index in [1.165, 1.54) is 10.2 Å². The van der Waals surface area contributed by atoms with Crippen LogP contribution in [0.25, 0.3) is 22.2 Å². The SMILES string of the molecule is CCCCCCNC(=O)c1c(N)n(/N=C\c2ccc(C(C)(C)C)cc2)c2nc3ccccc3nc12. The number of carbonyl (C=O) groups excluding carboxylic acids is 1. The standard InChI is InChI=1S/C28H34N6O/c1-5-6-7-10-17-30-27(35)23-24-26(33-22-12-9-8-11-21(22)32-24)34(25(23)29)31-18-19-13-15-20(16-14-19)28(2,3)4/h8-9,11-16,18H,5-7,10,17,29H2,1-4H3,(H,30,35)/b31-18-. The van der Waals surface area contributed by atoms with Crippen LogP contribution in [-0.4, -0.2) is 33.3 Å². The van der Waals surface area contributed by atoms with E-state index in [1.807, 2.05) is 36.4 Å². The average molecular weight is 471 g/mol. The number of nitrogens with zero attached hydrogens (tertiary/aromatic N) is 4. The Morgan fingerprint density at radius 1 is 1.03 bits per heavy atom. The topological polar surface area (TPSA) is 98.2 Å². The van der Waals surface area contributed by atoms with Crippen LogP contribution < -0.4 is 11.1 Å². The summed E-state index contributed by atoms with van der Waals surface area (Å²) in [6.45, 7) is 9.30. The number of unbranched alkanes of at least 4 members (excludes halogenated alkanes) is 3. The maximum Gasteiger partial charge on any atom is 0.257 e. The van der Waals surface area contributed by atoms with Gasteiger partial charge in [-0.1, -0.05) is 83.4 Å². The summed E-state index contributed by atoms with van der Waals surface area (Å²) >= 11 is 0. The van der Waals surface area contributed by atoms with Crippen LogP contribution in [0.4, 0.5) is 5.82 Å². The molecule has 2 aromatic heterocycles. The summed E-state index contributed by atoms with van der Waals surface area (Å²) < 4.78 is 1.51. The molecular formula is C28H34N6O. The highest BCUT2D eigenvalue weighted by Gasteiger charge is 2.24. The normalized spacial score (nSPS) is 12.1. The van der Waals surface area contributed by atoms with E-state index in [0.717, 1.165) is 36.8 Å². The lowest BCUT2D eigenvalue weighted by atomic mass is 9.87. The largest absolute Gasteiger partial charge is 0.383 e. The minimum absolute atomic E-state index is 0.0756. The Morgan fingerprint density at radius 2 is 1.71 bits per heavy atom. The zero-order valence-electron chi connectivity index (χ0n) is 21.0. The van der Waals surface area contributed by atoms with E-state index < -0.39 is 0 Å². The van der Waals surface area contributed by atoms with Crippen molar-refractivity contribution in [3.05, 3.63) is 65.2 Å². The van der Waals surface area contributed by atoms with Crippen molar-refractivity contribution >= 4 is 40.1 Å². The van der Waals surface area contributed by atoms with E-state index in [0.29, 0.717) is 28.8 Å². The molecule has 0 aliphatic carbocycles. The molecular weight excluding hydrogens is 436 g/mol. The zero-order chi connectivity index (χ0) is 25.0. The number of benzene rings is 2. The number of anilines is 1. The molecule has 35 heavy (non-hydrogen) atoms. The number of fused-ring (bicyclic) bond motifs is 2. The van der Waals surface area contributed by atoms with Gasteiger partial charge in [-0.15, -0.1) is 0 Å². The molecule has 0 aliphatic rings. The molecule has 2 heterocycles. The fourth-order valence-electron chi connectivity index (χ4n) is 4.02. The van der Waals surface area contributed by atoms with E-state index in [-0.39, 0.29) is 17.1 Å². The first-order valence-corrected chi connectivity index (χ1v) is 12.3. The second-order valence-electron chi connectivity index (χ2n) is 9.89. The molecule has 0 radical (unpaired) electrons. The third-order valence-electron chi connectivity index (χ3n) is 6.12. The van der Waals surface area contributed by atoms with Crippen LogP contribution in [0.5, 0.6) is 0 Å². The first-order chi connectivity index (χ1) is 16.8. The van der Waals surface area contributed by atoms with Crippen LogP contribution in [0.15, 0.2) is 53.6 Å². The number of amides is 1. The van der Waals surface area contributed by atoms with Gasteiger partial charge in [-0.3, -0.25) is 4.79 Å². The lowest BCUT2D eigenvalue weighted by Crippen LogP contribution is -2.25. The van der Waals surface area contributed by atoms with Crippen molar-refractivity contribution in [2.75, 3.05) is 12.3 Å². The highest BCUT2D eigenvalue weighted by Crippen LogP contribution is 2.28. The van der Waals surface area contributed by atoms with Crippen LogP contribution in [-0.2, 0) is 5.41 Å². The quantitative estimate of drug-likeness (QED) is 0.256. The molecule has 7 heteroatoms. The van der Waals surface area contributed by atoms with E-state index in [2.05, 4.69) is 50.2 Å². The predicted molar refractivity (Wildman–Crippen MR) is 144 cm³/mol. The number of nitrogens with one attached hydrogen (secondary N) is 1. The van der Waals surface area contributed by atoms with E-state index in [1.54, 1.807) is 6.21 Å². The fourth-order valence-corrected chi connectivity index (χ4v) is 4.02. The lowest BCUT2D eigenvalue weighted by molar-refractivity contribution is 0.0955. The van der Waals surface area contributed by atoms with Crippen molar-refractivity contribution in [2.24, 2.45) is 5.10 Å². The maximum absolute atomic E-state index is 13.1. The second kappa shape index (κ2) is 10.3. The summed E-state index contributed by atoms with van der Waals surface area (Å²) in [5, 5.41) is 7.61. The van der Waals surface area contributed by atoms with Gasteiger partial charge in [0.05, 0.1) is 17.2 Å². The van der Waals surface area contributed by atoms with Gasteiger partial charge < -0.3 is 11.1 Å². The first kappa shape index (κ1) is 24.4. The molecule has 4 rings (SSSR count). The molecule has 1 amide bonds. The highest BCUT2D eigenvalue weighted by atomic mass is 16.1. The Labute approximate surface area is 206 Å². The molecule has 0 saturated carbocycles. The first-order valence-electron chi connectivity index (χ1n) is 12.3. The maximum atomic E-state index is 13.1. The van der Waals surface area contributed by atoms with Crippen molar-refractivity contribution in [2.45, 2.75) is 58.8 Å². The minimum Gasteiger partial charge on any atom is -0.383 e. The van der Waals surface area contributed by atoms with Gasteiger partial charge >= 0.3 is 0 Å². The summed E-state index contributed by atoms with van der Waals surface area (Å²) in [4.78, 5) is 22.6. The molecule has 0 atom stereocenters. The number of aromatic nitrogens is 3. The number of hydrogen-bond acceptors (Lipinski definition) is 5. The molecule has 2 aromatic carbocycles. The van der Waals surface area contributed by atoms with E-state index >= 15 is 0 Å². The van der Waals surface area contributed by atoms with Crippen molar-refractivity contribution < 1.29 is 4.79 Å². The Balaban J connectivity index is 1.72. The molecule has 3 N–H and O–H groups in total. The number of rotatable bonds is 8. The van der Waals surface area contributed by atoms with Crippen molar-refractivity contribution in [3.63, 3.8) is 0 Å². The van der Waals surface area contributed by atoms with Gasteiger partial charge in [0, 0.05) is 6.54 Å². The molecule has 0 saturated heterocycles. The summed E-state index contributed by atoms with van der Waals surface area (Å²) in [7, 11) is 0. The Morgan fingerprint density at radius 3 is 2.37 bits per heavy atom. The molecule has 0 bridgehead atoms. The smallest absolute Gasteiger partial charge is 0.257 e. The summed E-state index contributed by atoms with van der Waals surface area (Å²) in [6.07, 6.45) is 6.03. The van der Waals surface area contributed by atoms with Crippen molar-refractivity contribution in [3.8, 4) is 0 Å². The van der Waals surface area contributed by atoms with E-state index in [4.69, 9.17) is 15.7 Å². The second-order valence-corrected chi connectivity index (χ2v) is 9.89. The van der Waals surface area contributed by atoms with Crippen LogP contribution in [0.2, 0.25) is 0 Å². The highest BCUT2D eigenvalue weighted by molar-refractivity contribution is 6.10. The molecule has 7 nitrogen and oxygen atoms in total.